The van der Waals surface area contributed by atoms with Crippen LogP contribution in [0.15, 0.2) is 30.3 Å². The minimum Gasteiger partial charge on any atom is -0.324 e. The number of aryl methyl sites for hydroxylation is 2. The second-order valence-corrected chi connectivity index (χ2v) is 4.50. The molecular weight excluding hydrogens is 210 g/mol. The average molecular weight is 225 g/mol. The highest BCUT2D eigenvalue weighted by Gasteiger charge is 2.24. The molecule has 0 amide bonds. The SMILES string of the molecule is Cc1nc(-c2ccccc2)nc2c1C(N)CC2. The Morgan fingerprint density at radius 3 is 2.71 bits per heavy atom. The van der Waals surface area contributed by atoms with Gasteiger partial charge in [0.15, 0.2) is 5.82 Å². The Hall–Kier alpha value is -1.74. The summed E-state index contributed by atoms with van der Waals surface area (Å²) in [6, 6.07) is 10.2. The number of rotatable bonds is 1. The summed E-state index contributed by atoms with van der Waals surface area (Å²) < 4.78 is 0. The number of hydrogen-bond acceptors (Lipinski definition) is 3. The molecule has 0 spiro atoms. The lowest BCUT2D eigenvalue weighted by molar-refractivity contribution is 0.707. The number of hydrogen-bond donors (Lipinski definition) is 1. The topological polar surface area (TPSA) is 51.8 Å². The summed E-state index contributed by atoms with van der Waals surface area (Å²) in [6.07, 6.45) is 1.96. The van der Waals surface area contributed by atoms with Gasteiger partial charge in [0, 0.05) is 28.6 Å². The molecular formula is C14H15N3. The van der Waals surface area contributed by atoms with E-state index >= 15 is 0 Å². The summed E-state index contributed by atoms with van der Waals surface area (Å²) in [4.78, 5) is 9.22. The van der Waals surface area contributed by atoms with Gasteiger partial charge in [-0.3, -0.25) is 0 Å². The van der Waals surface area contributed by atoms with Crippen molar-refractivity contribution in [2.24, 2.45) is 5.73 Å². The molecule has 86 valence electrons. The fourth-order valence-electron chi connectivity index (χ4n) is 2.47. The number of aromatic nitrogens is 2. The summed E-state index contributed by atoms with van der Waals surface area (Å²) in [5.41, 5.74) is 10.4. The number of benzene rings is 1. The van der Waals surface area contributed by atoms with Crippen molar-refractivity contribution in [3.8, 4) is 11.4 Å². The first kappa shape index (κ1) is 10.4. The van der Waals surface area contributed by atoms with Gasteiger partial charge < -0.3 is 5.73 Å². The summed E-state index contributed by atoms with van der Waals surface area (Å²) in [5, 5.41) is 0. The van der Waals surface area contributed by atoms with E-state index in [9.17, 15) is 0 Å². The smallest absolute Gasteiger partial charge is 0.159 e. The Bertz CT molecular complexity index is 549. The molecule has 0 saturated heterocycles. The molecule has 2 aromatic rings. The van der Waals surface area contributed by atoms with Crippen LogP contribution in [0.2, 0.25) is 0 Å². The second kappa shape index (κ2) is 3.93. The van der Waals surface area contributed by atoms with Gasteiger partial charge in [-0.05, 0) is 19.8 Å². The number of nitrogens with two attached hydrogens (primary N) is 1. The molecule has 0 aliphatic heterocycles. The molecule has 0 fully saturated rings. The summed E-state index contributed by atoms with van der Waals surface area (Å²) in [6.45, 7) is 2.03. The molecule has 0 bridgehead atoms. The van der Waals surface area contributed by atoms with E-state index in [0.717, 1.165) is 41.2 Å². The lowest BCUT2D eigenvalue weighted by Crippen LogP contribution is -2.09. The molecule has 3 rings (SSSR count). The molecule has 1 atom stereocenters. The first-order chi connectivity index (χ1) is 8.25. The third kappa shape index (κ3) is 1.72. The van der Waals surface area contributed by atoms with Gasteiger partial charge in [0.25, 0.3) is 0 Å². The molecule has 0 radical (unpaired) electrons. The molecule has 1 unspecified atom stereocenters. The van der Waals surface area contributed by atoms with Crippen molar-refractivity contribution in [3.63, 3.8) is 0 Å². The van der Waals surface area contributed by atoms with Gasteiger partial charge in [0.1, 0.15) is 0 Å². The summed E-state index contributed by atoms with van der Waals surface area (Å²) >= 11 is 0. The molecule has 1 heterocycles. The molecule has 3 heteroatoms. The Kier molecular flexibility index (Phi) is 2.41. The van der Waals surface area contributed by atoms with Gasteiger partial charge in [-0.15, -0.1) is 0 Å². The van der Waals surface area contributed by atoms with Crippen LogP contribution in [0.25, 0.3) is 11.4 Å². The van der Waals surface area contributed by atoms with Crippen LogP contribution in [0.4, 0.5) is 0 Å². The highest BCUT2D eigenvalue weighted by Crippen LogP contribution is 2.31. The first-order valence-corrected chi connectivity index (χ1v) is 5.94. The van der Waals surface area contributed by atoms with E-state index in [2.05, 4.69) is 9.97 Å². The molecule has 17 heavy (non-hydrogen) atoms. The predicted molar refractivity (Wildman–Crippen MR) is 67.5 cm³/mol. The number of fused-ring (bicyclic) bond motifs is 1. The average Bonchev–Trinajstić information content (AvgIpc) is 2.73. The van der Waals surface area contributed by atoms with Gasteiger partial charge in [0.2, 0.25) is 0 Å². The first-order valence-electron chi connectivity index (χ1n) is 5.94. The predicted octanol–water partition coefficient (Wildman–Crippen LogP) is 2.40. The largest absolute Gasteiger partial charge is 0.324 e. The fraction of sp³-hybridized carbons (Fsp3) is 0.286. The summed E-state index contributed by atoms with van der Waals surface area (Å²) in [5.74, 6) is 0.816. The van der Waals surface area contributed by atoms with E-state index in [-0.39, 0.29) is 6.04 Å². The normalized spacial score (nSPS) is 18.1. The van der Waals surface area contributed by atoms with Crippen LogP contribution in [-0.2, 0) is 6.42 Å². The fourth-order valence-corrected chi connectivity index (χ4v) is 2.47. The third-order valence-corrected chi connectivity index (χ3v) is 3.31. The van der Waals surface area contributed by atoms with E-state index in [1.54, 1.807) is 0 Å². The molecule has 1 aliphatic carbocycles. The van der Waals surface area contributed by atoms with E-state index in [1.165, 1.54) is 0 Å². The second-order valence-electron chi connectivity index (χ2n) is 4.50. The van der Waals surface area contributed by atoms with Crippen molar-refractivity contribution in [1.82, 2.24) is 9.97 Å². The maximum Gasteiger partial charge on any atom is 0.159 e. The lowest BCUT2D eigenvalue weighted by atomic mass is 10.1. The summed E-state index contributed by atoms with van der Waals surface area (Å²) in [7, 11) is 0. The molecule has 1 aromatic carbocycles. The molecule has 2 N–H and O–H groups in total. The third-order valence-electron chi connectivity index (χ3n) is 3.31. The lowest BCUT2D eigenvalue weighted by Gasteiger charge is -2.09. The van der Waals surface area contributed by atoms with E-state index in [1.807, 2.05) is 37.3 Å². The van der Waals surface area contributed by atoms with Gasteiger partial charge >= 0.3 is 0 Å². The molecule has 1 aromatic heterocycles. The Balaban J connectivity index is 2.13. The van der Waals surface area contributed by atoms with Gasteiger partial charge in [-0.25, -0.2) is 9.97 Å². The van der Waals surface area contributed by atoms with Crippen molar-refractivity contribution in [2.45, 2.75) is 25.8 Å². The maximum absolute atomic E-state index is 6.06. The van der Waals surface area contributed by atoms with E-state index < -0.39 is 0 Å². The van der Waals surface area contributed by atoms with Crippen LogP contribution in [0, 0.1) is 6.92 Å². The van der Waals surface area contributed by atoms with Crippen LogP contribution in [-0.4, -0.2) is 9.97 Å². The van der Waals surface area contributed by atoms with Gasteiger partial charge in [0.05, 0.1) is 0 Å². The van der Waals surface area contributed by atoms with Crippen molar-refractivity contribution < 1.29 is 0 Å². The van der Waals surface area contributed by atoms with Crippen LogP contribution in [0.3, 0.4) is 0 Å². The van der Waals surface area contributed by atoms with Crippen LogP contribution in [0.5, 0.6) is 0 Å². The van der Waals surface area contributed by atoms with Crippen LogP contribution < -0.4 is 5.73 Å². The van der Waals surface area contributed by atoms with Crippen molar-refractivity contribution in [3.05, 3.63) is 47.3 Å². The van der Waals surface area contributed by atoms with E-state index in [0.29, 0.717) is 0 Å². The highest BCUT2D eigenvalue weighted by molar-refractivity contribution is 5.56. The minimum absolute atomic E-state index is 0.120. The van der Waals surface area contributed by atoms with Crippen molar-refractivity contribution in [1.29, 1.82) is 0 Å². The zero-order chi connectivity index (χ0) is 11.8. The standard InChI is InChI=1S/C14H15N3/c1-9-13-11(15)7-8-12(13)17-14(16-9)10-5-3-2-4-6-10/h2-6,11H,7-8,15H2,1H3. The highest BCUT2D eigenvalue weighted by atomic mass is 14.9. The van der Waals surface area contributed by atoms with Gasteiger partial charge in [-0.1, -0.05) is 30.3 Å². The van der Waals surface area contributed by atoms with E-state index in [4.69, 9.17) is 5.73 Å². The van der Waals surface area contributed by atoms with Gasteiger partial charge in [-0.2, -0.15) is 0 Å². The Morgan fingerprint density at radius 2 is 1.94 bits per heavy atom. The Morgan fingerprint density at radius 1 is 1.18 bits per heavy atom. The minimum atomic E-state index is 0.120. The zero-order valence-electron chi connectivity index (χ0n) is 9.85. The molecule has 3 nitrogen and oxygen atoms in total. The van der Waals surface area contributed by atoms with Crippen molar-refractivity contribution >= 4 is 0 Å². The quantitative estimate of drug-likeness (QED) is 0.810. The zero-order valence-corrected chi connectivity index (χ0v) is 9.85. The molecule has 1 aliphatic rings. The molecule has 0 saturated carbocycles. The van der Waals surface area contributed by atoms with Crippen LogP contribution >= 0.6 is 0 Å². The number of nitrogens with zero attached hydrogens (tertiary/aromatic N) is 2. The monoisotopic (exact) mass is 225 g/mol. The van der Waals surface area contributed by atoms with Crippen LogP contribution in [0.1, 0.15) is 29.4 Å². The Labute approximate surface area is 101 Å². The van der Waals surface area contributed by atoms with Crippen molar-refractivity contribution in [2.75, 3.05) is 0 Å². The maximum atomic E-state index is 6.06.